The van der Waals surface area contributed by atoms with E-state index in [0.717, 1.165) is 10.6 Å². The second-order valence-corrected chi connectivity index (χ2v) is 6.36. The van der Waals surface area contributed by atoms with Crippen LogP contribution in [-0.4, -0.2) is 33.8 Å². The van der Waals surface area contributed by atoms with Crippen LogP contribution in [0.4, 0.5) is 5.13 Å². The van der Waals surface area contributed by atoms with Crippen LogP contribution in [0, 0.1) is 0 Å². The van der Waals surface area contributed by atoms with E-state index in [2.05, 4.69) is 26.4 Å². The van der Waals surface area contributed by atoms with Gasteiger partial charge in [0.2, 0.25) is 11.0 Å². The maximum atomic E-state index is 12.2. The first-order valence-corrected chi connectivity index (χ1v) is 8.09. The number of carbonyl (C=O) groups is 1. The lowest BCUT2D eigenvalue weighted by Gasteiger charge is -2.11. The molecule has 1 aliphatic rings. The van der Waals surface area contributed by atoms with Crippen LogP contribution in [0.2, 0.25) is 0 Å². The number of aromatic nitrogens is 2. The molecule has 1 aromatic carbocycles. The highest BCUT2D eigenvalue weighted by Crippen LogP contribution is 2.29. The van der Waals surface area contributed by atoms with Crippen molar-refractivity contribution >= 4 is 22.4 Å². The molecule has 8 nitrogen and oxygen atoms in total. The highest BCUT2D eigenvalue weighted by atomic mass is 32.1. The normalized spacial score (nSPS) is 20.5. The standard InChI is InChI=1S/C14H18N6O2S/c15-14-20-19-12(23-14)5-6-16-13(22)10-7-9(17-18-10)8-3-1-2-4-11(8)21/h1-4,9-10,17-18,21H,5-7H2,(H2,15,20)(H,16,22). The summed E-state index contributed by atoms with van der Waals surface area (Å²) in [7, 11) is 0. The minimum absolute atomic E-state index is 0.0899. The van der Waals surface area contributed by atoms with Crippen LogP contribution < -0.4 is 21.9 Å². The number of nitrogens with one attached hydrogen (secondary N) is 3. The number of carbonyl (C=O) groups excluding carboxylic acids is 1. The molecule has 6 N–H and O–H groups in total. The first kappa shape index (κ1) is 15.7. The van der Waals surface area contributed by atoms with E-state index in [4.69, 9.17) is 5.73 Å². The Morgan fingerprint density at radius 1 is 1.39 bits per heavy atom. The smallest absolute Gasteiger partial charge is 0.238 e. The Morgan fingerprint density at radius 2 is 2.22 bits per heavy atom. The number of hydrazine groups is 1. The van der Waals surface area contributed by atoms with Crippen molar-refractivity contribution in [2.45, 2.75) is 24.9 Å². The summed E-state index contributed by atoms with van der Waals surface area (Å²) in [6, 6.07) is 6.66. The minimum atomic E-state index is -0.348. The number of aromatic hydroxyl groups is 1. The molecule has 0 bridgehead atoms. The summed E-state index contributed by atoms with van der Waals surface area (Å²) in [5.41, 5.74) is 12.3. The fourth-order valence-electron chi connectivity index (χ4n) is 2.50. The Bertz CT molecular complexity index is 691. The lowest BCUT2D eigenvalue weighted by molar-refractivity contribution is -0.122. The predicted octanol–water partition coefficient (Wildman–Crippen LogP) is 0.0924. The fourth-order valence-corrected chi connectivity index (χ4v) is 3.11. The van der Waals surface area contributed by atoms with Gasteiger partial charge in [0.05, 0.1) is 6.04 Å². The SMILES string of the molecule is Nc1nnc(CCNC(=O)C2CC(c3ccccc3O)NN2)s1. The number of anilines is 1. The Kier molecular flexibility index (Phi) is 4.70. The quantitative estimate of drug-likeness (QED) is 0.525. The van der Waals surface area contributed by atoms with E-state index in [0.29, 0.717) is 24.5 Å². The molecule has 23 heavy (non-hydrogen) atoms. The zero-order valence-electron chi connectivity index (χ0n) is 12.3. The molecule has 0 radical (unpaired) electrons. The van der Waals surface area contributed by atoms with E-state index < -0.39 is 0 Å². The number of nitrogens with zero attached hydrogens (tertiary/aromatic N) is 2. The molecule has 3 rings (SSSR count). The first-order valence-electron chi connectivity index (χ1n) is 7.28. The van der Waals surface area contributed by atoms with Crippen molar-refractivity contribution < 1.29 is 9.90 Å². The molecule has 2 atom stereocenters. The summed E-state index contributed by atoms with van der Waals surface area (Å²) < 4.78 is 0. The zero-order chi connectivity index (χ0) is 16.2. The van der Waals surface area contributed by atoms with E-state index in [9.17, 15) is 9.90 Å². The van der Waals surface area contributed by atoms with Crippen molar-refractivity contribution in [1.29, 1.82) is 0 Å². The van der Waals surface area contributed by atoms with Crippen molar-refractivity contribution in [2.24, 2.45) is 0 Å². The number of phenolic OH excluding ortho intramolecular Hbond substituents is 1. The molecule has 9 heteroatoms. The van der Waals surface area contributed by atoms with Gasteiger partial charge < -0.3 is 16.2 Å². The van der Waals surface area contributed by atoms with E-state index in [1.54, 1.807) is 12.1 Å². The van der Waals surface area contributed by atoms with Gasteiger partial charge >= 0.3 is 0 Å². The summed E-state index contributed by atoms with van der Waals surface area (Å²) in [6.45, 7) is 0.479. The third-order valence-corrected chi connectivity index (χ3v) is 4.46. The fraction of sp³-hybridized carbons (Fsp3) is 0.357. The van der Waals surface area contributed by atoms with E-state index in [-0.39, 0.29) is 23.7 Å². The van der Waals surface area contributed by atoms with Crippen LogP contribution in [0.5, 0.6) is 5.75 Å². The molecule has 0 spiro atoms. The van der Waals surface area contributed by atoms with Crippen molar-refractivity contribution in [2.75, 3.05) is 12.3 Å². The molecule has 2 aromatic rings. The van der Waals surface area contributed by atoms with Crippen LogP contribution >= 0.6 is 11.3 Å². The van der Waals surface area contributed by atoms with Crippen LogP contribution in [0.1, 0.15) is 23.0 Å². The van der Waals surface area contributed by atoms with Gasteiger partial charge in [-0.1, -0.05) is 29.5 Å². The number of phenols is 1. The minimum Gasteiger partial charge on any atom is -0.508 e. The summed E-state index contributed by atoms with van der Waals surface area (Å²) in [5, 5.41) is 21.6. The Morgan fingerprint density at radius 3 is 2.96 bits per heavy atom. The average Bonchev–Trinajstić information content (AvgIpc) is 3.17. The summed E-state index contributed by atoms with van der Waals surface area (Å²) in [4.78, 5) is 12.2. The van der Waals surface area contributed by atoms with Gasteiger partial charge in [-0.05, 0) is 12.5 Å². The second-order valence-electron chi connectivity index (χ2n) is 5.26. The molecular formula is C14H18N6O2S. The van der Waals surface area contributed by atoms with Gasteiger partial charge in [0.1, 0.15) is 16.8 Å². The highest BCUT2D eigenvalue weighted by molar-refractivity contribution is 7.15. The zero-order valence-corrected chi connectivity index (χ0v) is 13.1. The number of amides is 1. The molecule has 0 aliphatic carbocycles. The van der Waals surface area contributed by atoms with Crippen LogP contribution in [0.3, 0.4) is 0 Å². The Labute approximate surface area is 137 Å². The van der Waals surface area contributed by atoms with Gasteiger partial charge in [-0.15, -0.1) is 10.2 Å². The molecular weight excluding hydrogens is 316 g/mol. The molecule has 122 valence electrons. The topological polar surface area (TPSA) is 125 Å². The molecule has 1 aliphatic heterocycles. The summed E-state index contributed by atoms with van der Waals surface area (Å²) >= 11 is 1.32. The van der Waals surface area contributed by atoms with Crippen LogP contribution in [-0.2, 0) is 11.2 Å². The van der Waals surface area contributed by atoms with E-state index in [1.807, 2.05) is 12.1 Å². The average molecular weight is 334 g/mol. The van der Waals surface area contributed by atoms with Crippen molar-refractivity contribution in [1.82, 2.24) is 26.4 Å². The van der Waals surface area contributed by atoms with Gasteiger partial charge in [-0.25, -0.2) is 10.9 Å². The van der Waals surface area contributed by atoms with Gasteiger partial charge in [-0.3, -0.25) is 4.79 Å². The summed E-state index contributed by atoms with van der Waals surface area (Å²) in [5.74, 6) is 0.134. The van der Waals surface area contributed by atoms with Gasteiger partial charge in [0.15, 0.2) is 0 Å². The van der Waals surface area contributed by atoms with E-state index >= 15 is 0 Å². The molecule has 2 unspecified atom stereocenters. The second kappa shape index (κ2) is 6.90. The van der Waals surface area contributed by atoms with Crippen LogP contribution in [0.15, 0.2) is 24.3 Å². The molecule has 2 heterocycles. The maximum Gasteiger partial charge on any atom is 0.238 e. The number of para-hydroxylation sites is 1. The van der Waals surface area contributed by atoms with Gasteiger partial charge in [-0.2, -0.15) is 0 Å². The largest absolute Gasteiger partial charge is 0.508 e. The molecule has 1 fully saturated rings. The van der Waals surface area contributed by atoms with Gasteiger partial charge in [0.25, 0.3) is 0 Å². The van der Waals surface area contributed by atoms with E-state index in [1.165, 1.54) is 11.3 Å². The predicted molar refractivity (Wildman–Crippen MR) is 86.6 cm³/mol. The number of nitrogens with two attached hydrogens (primary N) is 1. The number of hydrogen-bond acceptors (Lipinski definition) is 8. The monoisotopic (exact) mass is 334 g/mol. The lowest BCUT2D eigenvalue weighted by atomic mass is 10.0. The number of nitrogen functional groups attached to an aromatic ring is 1. The molecule has 1 amide bonds. The number of benzene rings is 1. The first-order chi connectivity index (χ1) is 11.1. The Balaban J connectivity index is 1.48. The molecule has 1 aromatic heterocycles. The maximum absolute atomic E-state index is 12.2. The lowest BCUT2D eigenvalue weighted by Crippen LogP contribution is -2.43. The van der Waals surface area contributed by atoms with Crippen molar-refractivity contribution in [3.8, 4) is 5.75 Å². The molecule has 0 saturated carbocycles. The third-order valence-electron chi connectivity index (χ3n) is 3.65. The van der Waals surface area contributed by atoms with Crippen molar-refractivity contribution in [3.63, 3.8) is 0 Å². The number of hydrogen-bond donors (Lipinski definition) is 5. The van der Waals surface area contributed by atoms with Crippen molar-refractivity contribution in [3.05, 3.63) is 34.8 Å². The van der Waals surface area contributed by atoms with Crippen LogP contribution in [0.25, 0.3) is 0 Å². The highest BCUT2D eigenvalue weighted by Gasteiger charge is 2.31. The Hall–Kier alpha value is -2.23. The number of rotatable bonds is 5. The summed E-state index contributed by atoms with van der Waals surface area (Å²) in [6.07, 6.45) is 1.17. The van der Waals surface area contributed by atoms with Gasteiger partial charge in [0, 0.05) is 18.5 Å². The third kappa shape index (κ3) is 3.76. The molecule has 1 saturated heterocycles.